The summed E-state index contributed by atoms with van der Waals surface area (Å²) in [5, 5.41) is 21.6. The fourth-order valence-corrected chi connectivity index (χ4v) is 3.27. The molecule has 7 nitrogen and oxygen atoms in total. The van der Waals surface area contributed by atoms with Crippen molar-refractivity contribution in [3.63, 3.8) is 0 Å². The Morgan fingerprint density at radius 2 is 2.21 bits per heavy atom. The largest absolute Gasteiger partial charge is 0.496 e. The van der Waals surface area contributed by atoms with Gasteiger partial charge >= 0.3 is 6.03 Å². The van der Waals surface area contributed by atoms with E-state index in [0.29, 0.717) is 23.3 Å². The summed E-state index contributed by atoms with van der Waals surface area (Å²) < 4.78 is 5.32. The zero-order valence-electron chi connectivity index (χ0n) is 13.4. The first-order chi connectivity index (χ1) is 11.7. The Balaban J connectivity index is 1.67. The molecule has 1 aliphatic carbocycles. The van der Waals surface area contributed by atoms with Gasteiger partial charge in [-0.25, -0.2) is 4.79 Å². The van der Waals surface area contributed by atoms with Crippen LogP contribution >= 0.6 is 11.3 Å². The number of ether oxygens (including phenoxy) is 1. The third-order valence-corrected chi connectivity index (χ3v) is 4.79. The quantitative estimate of drug-likeness (QED) is 0.802. The number of carbonyl (C=O) groups excluding carboxylic acids is 1. The maximum atomic E-state index is 12.5. The monoisotopic (exact) mass is 348 g/mol. The lowest BCUT2D eigenvalue weighted by Crippen LogP contribution is -2.36. The lowest BCUT2D eigenvalue weighted by atomic mass is 10.2. The molecule has 1 aliphatic rings. The summed E-state index contributed by atoms with van der Waals surface area (Å²) in [5.41, 5.74) is 0.875. The zero-order chi connectivity index (χ0) is 16.9. The number of urea groups is 1. The van der Waals surface area contributed by atoms with E-state index in [1.54, 1.807) is 7.11 Å². The minimum Gasteiger partial charge on any atom is -0.496 e. The van der Waals surface area contributed by atoms with E-state index in [2.05, 4.69) is 15.5 Å². The molecule has 2 N–H and O–H groups in total. The molecule has 1 saturated carbocycles. The van der Waals surface area contributed by atoms with Gasteiger partial charge in [0.05, 0.1) is 20.3 Å². The van der Waals surface area contributed by atoms with Gasteiger partial charge in [0.15, 0.2) is 0 Å². The first kappa shape index (κ1) is 16.7. The van der Waals surface area contributed by atoms with Gasteiger partial charge in [-0.1, -0.05) is 29.5 Å². The van der Waals surface area contributed by atoms with Crippen LogP contribution in [-0.2, 0) is 6.54 Å². The lowest BCUT2D eigenvalue weighted by molar-refractivity contribution is 0.184. The molecule has 3 rings (SSSR count). The first-order valence-electron chi connectivity index (χ1n) is 7.83. The molecular weight excluding hydrogens is 328 g/mol. The molecule has 1 heterocycles. The van der Waals surface area contributed by atoms with E-state index in [0.717, 1.165) is 23.4 Å². The third kappa shape index (κ3) is 4.01. The van der Waals surface area contributed by atoms with Crippen molar-refractivity contribution in [3.8, 4) is 5.75 Å². The van der Waals surface area contributed by atoms with Crippen LogP contribution in [0, 0.1) is 0 Å². The summed E-state index contributed by atoms with van der Waals surface area (Å²) in [6.45, 7) is 0.439. The topological polar surface area (TPSA) is 87.6 Å². The van der Waals surface area contributed by atoms with E-state index in [9.17, 15) is 9.90 Å². The average molecular weight is 348 g/mol. The molecular formula is C16H20N4O3S. The Hall–Kier alpha value is -2.19. The number of aliphatic hydroxyl groups excluding tert-OH is 1. The van der Waals surface area contributed by atoms with E-state index in [1.165, 1.54) is 16.2 Å². The highest BCUT2D eigenvalue weighted by Crippen LogP contribution is 2.42. The van der Waals surface area contributed by atoms with Crippen LogP contribution in [-0.4, -0.2) is 46.5 Å². The van der Waals surface area contributed by atoms with Crippen LogP contribution in [0.5, 0.6) is 5.75 Å². The molecule has 24 heavy (non-hydrogen) atoms. The van der Waals surface area contributed by atoms with Crippen molar-refractivity contribution < 1.29 is 14.6 Å². The second kappa shape index (κ2) is 7.59. The molecule has 128 valence electrons. The number of para-hydroxylation sites is 1. The summed E-state index contributed by atoms with van der Waals surface area (Å²) in [7, 11) is 1.59. The van der Waals surface area contributed by atoms with Gasteiger partial charge in [-0.05, 0) is 18.9 Å². The van der Waals surface area contributed by atoms with Crippen molar-refractivity contribution in [1.29, 1.82) is 0 Å². The standard InChI is InChI=1S/C16H20N4O3S/c1-23-13-5-3-2-4-12(13)10-20(8-9-21)16(22)17-15-19-18-14(24-15)11-6-7-11/h2-5,11,21H,6-10H2,1H3,(H,17,19,22). The molecule has 0 aliphatic heterocycles. The number of carbonyl (C=O) groups is 1. The number of amides is 2. The van der Waals surface area contributed by atoms with Gasteiger partial charge in [0.2, 0.25) is 5.13 Å². The Bertz CT molecular complexity index is 702. The highest BCUT2D eigenvalue weighted by Gasteiger charge is 2.28. The number of hydrogen-bond acceptors (Lipinski definition) is 6. The van der Waals surface area contributed by atoms with Crippen LogP contribution < -0.4 is 10.1 Å². The molecule has 0 radical (unpaired) electrons. The Morgan fingerprint density at radius 1 is 1.42 bits per heavy atom. The first-order valence-corrected chi connectivity index (χ1v) is 8.65. The number of anilines is 1. The van der Waals surface area contributed by atoms with E-state index in [-0.39, 0.29) is 19.2 Å². The molecule has 0 atom stereocenters. The van der Waals surface area contributed by atoms with Crippen molar-refractivity contribution in [2.24, 2.45) is 0 Å². The molecule has 1 fully saturated rings. The Morgan fingerprint density at radius 3 is 2.92 bits per heavy atom. The summed E-state index contributed by atoms with van der Waals surface area (Å²) in [6.07, 6.45) is 2.29. The van der Waals surface area contributed by atoms with Gasteiger partial charge in [0.25, 0.3) is 0 Å². The van der Waals surface area contributed by atoms with Gasteiger partial charge in [-0.2, -0.15) is 0 Å². The van der Waals surface area contributed by atoms with E-state index in [4.69, 9.17) is 4.74 Å². The fourth-order valence-electron chi connectivity index (χ4n) is 2.36. The molecule has 0 bridgehead atoms. The zero-order valence-corrected chi connectivity index (χ0v) is 14.3. The molecule has 0 spiro atoms. The SMILES string of the molecule is COc1ccccc1CN(CCO)C(=O)Nc1nnc(C2CC2)s1. The van der Waals surface area contributed by atoms with Crippen molar-refractivity contribution in [3.05, 3.63) is 34.8 Å². The van der Waals surface area contributed by atoms with Gasteiger partial charge in [-0.15, -0.1) is 10.2 Å². The lowest BCUT2D eigenvalue weighted by Gasteiger charge is -2.22. The van der Waals surface area contributed by atoms with Gasteiger partial charge in [-0.3, -0.25) is 5.32 Å². The number of nitrogens with zero attached hydrogens (tertiary/aromatic N) is 3. The number of rotatable bonds is 7. The number of nitrogens with one attached hydrogen (secondary N) is 1. The number of methoxy groups -OCH3 is 1. The van der Waals surface area contributed by atoms with Crippen LogP contribution in [0.25, 0.3) is 0 Å². The van der Waals surface area contributed by atoms with Crippen molar-refractivity contribution >= 4 is 22.5 Å². The summed E-state index contributed by atoms with van der Waals surface area (Å²) in [6, 6.07) is 7.19. The Kier molecular flexibility index (Phi) is 5.27. The van der Waals surface area contributed by atoms with Crippen LogP contribution in [0.3, 0.4) is 0 Å². The minimum absolute atomic E-state index is 0.119. The summed E-state index contributed by atoms with van der Waals surface area (Å²) in [5.74, 6) is 1.22. The minimum atomic E-state index is -0.312. The predicted octanol–water partition coefficient (Wildman–Crippen LogP) is 2.45. The predicted molar refractivity (Wildman–Crippen MR) is 91.4 cm³/mol. The second-order valence-electron chi connectivity index (χ2n) is 5.61. The molecule has 8 heteroatoms. The van der Waals surface area contributed by atoms with E-state index < -0.39 is 0 Å². The van der Waals surface area contributed by atoms with Crippen molar-refractivity contribution in [1.82, 2.24) is 15.1 Å². The van der Waals surface area contributed by atoms with Gasteiger partial charge in [0, 0.05) is 18.0 Å². The molecule has 2 amide bonds. The smallest absolute Gasteiger partial charge is 0.324 e. The maximum Gasteiger partial charge on any atom is 0.324 e. The summed E-state index contributed by atoms with van der Waals surface area (Å²) >= 11 is 1.41. The normalized spacial score (nSPS) is 13.6. The third-order valence-electron chi connectivity index (χ3n) is 3.79. The Labute approximate surface area is 144 Å². The highest BCUT2D eigenvalue weighted by molar-refractivity contribution is 7.15. The molecule has 1 aromatic carbocycles. The van der Waals surface area contributed by atoms with Gasteiger partial charge < -0.3 is 14.7 Å². The van der Waals surface area contributed by atoms with Crippen LogP contribution in [0.1, 0.15) is 29.3 Å². The average Bonchev–Trinajstić information content (AvgIpc) is 3.35. The molecule has 2 aromatic rings. The van der Waals surface area contributed by atoms with Crippen molar-refractivity contribution in [2.75, 3.05) is 25.6 Å². The van der Waals surface area contributed by atoms with Crippen LogP contribution in [0.4, 0.5) is 9.93 Å². The van der Waals surface area contributed by atoms with E-state index >= 15 is 0 Å². The number of aliphatic hydroxyl groups is 1. The fraction of sp³-hybridized carbons (Fsp3) is 0.438. The van der Waals surface area contributed by atoms with Gasteiger partial charge in [0.1, 0.15) is 10.8 Å². The van der Waals surface area contributed by atoms with Crippen LogP contribution in [0.2, 0.25) is 0 Å². The maximum absolute atomic E-state index is 12.5. The second-order valence-corrected chi connectivity index (χ2v) is 6.62. The molecule has 1 aromatic heterocycles. The van der Waals surface area contributed by atoms with Crippen LogP contribution in [0.15, 0.2) is 24.3 Å². The summed E-state index contributed by atoms with van der Waals surface area (Å²) in [4.78, 5) is 14.0. The highest BCUT2D eigenvalue weighted by atomic mass is 32.1. The van der Waals surface area contributed by atoms with Crippen molar-refractivity contribution in [2.45, 2.75) is 25.3 Å². The van der Waals surface area contributed by atoms with E-state index in [1.807, 2.05) is 24.3 Å². The number of aromatic nitrogens is 2. The number of benzene rings is 1. The molecule has 0 saturated heterocycles. The molecule has 0 unspecified atom stereocenters. The number of hydrogen-bond donors (Lipinski definition) is 2.